The van der Waals surface area contributed by atoms with Crippen LogP contribution in [-0.4, -0.2) is 49.2 Å². The number of piperidine rings is 2. The summed E-state index contributed by atoms with van der Waals surface area (Å²) < 4.78 is 28.2. The summed E-state index contributed by atoms with van der Waals surface area (Å²) in [6, 6.07) is -0.0303. The Kier molecular flexibility index (Phi) is 4.31. The molecule has 106 valence electrons. The second-order valence-electron chi connectivity index (χ2n) is 5.88. The van der Waals surface area contributed by atoms with Crippen LogP contribution in [-0.2, 0) is 10.2 Å². The standard InChI is InChI=1S/C12H25N3O2S/c1-10-3-6-14(7-4-10)18(16,17)15-8-5-11(2)12(13)9-15/h10-12H,3-9,13H2,1-2H3. The molecule has 2 N–H and O–H groups in total. The lowest BCUT2D eigenvalue weighted by Gasteiger charge is -2.38. The van der Waals surface area contributed by atoms with Crippen LogP contribution >= 0.6 is 0 Å². The van der Waals surface area contributed by atoms with Gasteiger partial charge in [-0.05, 0) is 31.1 Å². The van der Waals surface area contributed by atoms with Gasteiger partial charge in [0.15, 0.2) is 0 Å². The molecular weight excluding hydrogens is 250 g/mol. The van der Waals surface area contributed by atoms with E-state index < -0.39 is 10.2 Å². The summed E-state index contributed by atoms with van der Waals surface area (Å²) in [6.45, 7) is 6.67. The van der Waals surface area contributed by atoms with Gasteiger partial charge in [-0.2, -0.15) is 17.0 Å². The Morgan fingerprint density at radius 3 is 2.11 bits per heavy atom. The Balaban J connectivity index is 2.02. The highest BCUT2D eigenvalue weighted by Crippen LogP contribution is 2.24. The zero-order chi connectivity index (χ0) is 13.3. The molecule has 0 radical (unpaired) electrons. The van der Waals surface area contributed by atoms with Crippen molar-refractivity contribution in [3.63, 3.8) is 0 Å². The van der Waals surface area contributed by atoms with Crippen LogP contribution in [0.25, 0.3) is 0 Å². The highest BCUT2D eigenvalue weighted by Gasteiger charge is 2.36. The van der Waals surface area contributed by atoms with E-state index in [2.05, 4.69) is 13.8 Å². The third-order valence-corrected chi connectivity index (χ3v) is 6.38. The molecule has 2 aliphatic heterocycles. The minimum atomic E-state index is -3.28. The number of rotatable bonds is 2. The lowest BCUT2D eigenvalue weighted by molar-refractivity contribution is 0.220. The predicted molar refractivity (Wildman–Crippen MR) is 72.2 cm³/mol. The fourth-order valence-corrected chi connectivity index (χ4v) is 4.35. The minimum Gasteiger partial charge on any atom is -0.326 e. The second-order valence-corrected chi connectivity index (χ2v) is 7.81. The van der Waals surface area contributed by atoms with E-state index in [1.165, 1.54) is 0 Å². The van der Waals surface area contributed by atoms with Gasteiger partial charge in [0.05, 0.1) is 0 Å². The summed E-state index contributed by atoms with van der Waals surface area (Å²) in [7, 11) is -3.28. The molecule has 0 spiro atoms. The summed E-state index contributed by atoms with van der Waals surface area (Å²) >= 11 is 0. The third-order valence-electron chi connectivity index (χ3n) is 4.37. The summed E-state index contributed by atoms with van der Waals surface area (Å²) in [5, 5.41) is 0. The Hall–Kier alpha value is -0.170. The van der Waals surface area contributed by atoms with Crippen molar-refractivity contribution >= 4 is 10.2 Å². The van der Waals surface area contributed by atoms with Crippen molar-refractivity contribution < 1.29 is 8.42 Å². The van der Waals surface area contributed by atoms with Gasteiger partial charge < -0.3 is 5.73 Å². The van der Waals surface area contributed by atoms with Crippen LogP contribution in [0.2, 0.25) is 0 Å². The monoisotopic (exact) mass is 275 g/mol. The van der Waals surface area contributed by atoms with E-state index in [0.717, 1.165) is 19.3 Å². The van der Waals surface area contributed by atoms with E-state index >= 15 is 0 Å². The van der Waals surface area contributed by atoms with Gasteiger partial charge in [-0.1, -0.05) is 13.8 Å². The summed E-state index contributed by atoms with van der Waals surface area (Å²) in [5.41, 5.74) is 5.99. The van der Waals surface area contributed by atoms with E-state index in [0.29, 0.717) is 38.0 Å². The molecule has 2 fully saturated rings. The molecule has 5 nitrogen and oxygen atoms in total. The van der Waals surface area contributed by atoms with Crippen LogP contribution in [0.3, 0.4) is 0 Å². The summed E-state index contributed by atoms with van der Waals surface area (Å²) in [4.78, 5) is 0. The van der Waals surface area contributed by atoms with Crippen molar-refractivity contribution in [1.82, 2.24) is 8.61 Å². The maximum atomic E-state index is 12.5. The molecular formula is C12H25N3O2S. The lowest BCUT2D eigenvalue weighted by Crippen LogP contribution is -2.54. The van der Waals surface area contributed by atoms with Crippen molar-refractivity contribution in [2.24, 2.45) is 17.6 Å². The molecule has 0 saturated carbocycles. The van der Waals surface area contributed by atoms with Gasteiger partial charge in [0.1, 0.15) is 0 Å². The number of nitrogens with two attached hydrogens (primary N) is 1. The molecule has 2 atom stereocenters. The first-order valence-corrected chi connectivity index (χ1v) is 8.31. The van der Waals surface area contributed by atoms with Gasteiger partial charge in [-0.15, -0.1) is 0 Å². The van der Waals surface area contributed by atoms with E-state index in [-0.39, 0.29) is 6.04 Å². The zero-order valence-electron chi connectivity index (χ0n) is 11.4. The van der Waals surface area contributed by atoms with Gasteiger partial charge >= 0.3 is 0 Å². The maximum Gasteiger partial charge on any atom is 0.282 e. The topological polar surface area (TPSA) is 66.6 Å². The second kappa shape index (κ2) is 5.45. The summed E-state index contributed by atoms with van der Waals surface area (Å²) in [6.07, 6.45) is 2.80. The lowest BCUT2D eigenvalue weighted by atomic mass is 9.96. The molecule has 2 aliphatic rings. The number of nitrogens with zero attached hydrogens (tertiary/aromatic N) is 2. The van der Waals surface area contributed by atoms with Crippen molar-refractivity contribution in [3.8, 4) is 0 Å². The van der Waals surface area contributed by atoms with Crippen molar-refractivity contribution in [3.05, 3.63) is 0 Å². The average molecular weight is 275 g/mol. The molecule has 2 heterocycles. The zero-order valence-corrected chi connectivity index (χ0v) is 12.2. The molecule has 0 aromatic rings. The van der Waals surface area contributed by atoms with Crippen LogP contribution < -0.4 is 5.73 Å². The van der Waals surface area contributed by atoms with Crippen LogP contribution in [0.1, 0.15) is 33.1 Å². The van der Waals surface area contributed by atoms with Gasteiger partial charge in [0.2, 0.25) is 0 Å². The molecule has 2 saturated heterocycles. The van der Waals surface area contributed by atoms with Crippen molar-refractivity contribution in [2.75, 3.05) is 26.2 Å². The molecule has 0 aromatic carbocycles. The van der Waals surface area contributed by atoms with Gasteiger partial charge in [0.25, 0.3) is 10.2 Å². The Morgan fingerprint density at radius 2 is 1.56 bits per heavy atom. The first kappa shape index (κ1) is 14.2. The molecule has 18 heavy (non-hydrogen) atoms. The summed E-state index contributed by atoms with van der Waals surface area (Å²) in [5.74, 6) is 1.05. The molecule has 0 bridgehead atoms. The average Bonchev–Trinajstić information content (AvgIpc) is 2.33. The first-order valence-electron chi connectivity index (χ1n) is 6.92. The Bertz CT molecular complexity index is 377. The van der Waals surface area contributed by atoms with Gasteiger partial charge in [0, 0.05) is 32.2 Å². The smallest absolute Gasteiger partial charge is 0.282 e. The van der Waals surface area contributed by atoms with Crippen LogP contribution in [0.4, 0.5) is 0 Å². The highest BCUT2D eigenvalue weighted by atomic mass is 32.2. The van der Waals surface area contributed by atoms with E-state index in [4.69, 9.17) is 5.73 Å². The Labute approximate surface area is 110 Å². The van der Waals surface area contributed by atoms with Gasteiger partial charge in [-0.3, -0.25) is 0 Å². The molecule has 0 aliphatic carbocycles. The maximum absolute atomic E-state index is 12.5. The first-order chi connectivity index (χ1) is 8.41. The third kappa shape index (κ3) is 2.87. The van der Waals surface area contributed by atoms with Gasteiger partial charge in [-0.25, -0.2) is 0 Å². The van der Waals surface area contributed by atoms with Crippen molar-refractivity contribution in [2.45, 2.75) is 39.2 Å². The number of hydrogen-bond donors (Lipinski definition) is 1. The number of hydrogen-bond acceptors (Lipinski definition) is 3. The van der Waals surface area contributed by atoms with E-state index in [1.54, 1.807) is 8.61 Å². The normalized spacial score (nSPS) is 33.7. The SMILES string of the molecule is CC1CCN(S(=O)(=O)N2CCC(C)C(N)C2)CC1. The van der Waals surface area contributed by atoms with Crippen LogP contribution in [0.15, 0.2) is 0 Å². The fourth-order valence-electron chi connectivity index (χ4n) is 2.66. The fraction of sp³-hybridized carbons (Fsp3) is 1.00. The molecule has 2 unspecified atom stereocenters. The van der Waals surface area contributed by atoms with Crippen LogP contribution in [0.5, 0.6) is 0 Å². The quantitative estimate of drug-likeness (QED) is 0.804. The predicted octanol–water partition coefficient (Wildman–Crippen LogP) is 0.632. The Morgan fingerprint density at radius 1 is 1.00 bits per heavy atom. The molecule has 0 aromatic heterocycles. The van der Waals surface area contributed by atoms with E-state index in [9.17, 15) is 8.42 Å². The highest BCUT2D eigenvalue weighted by molar-refractivity contribution is 7.86. The molecule has 2 rings (SSSR count). The molecule has 6 heteroatoms. The van der Waals surface area contributed by atoms with Crippen LogP contribution in [0, 0.1) is 11.8 Å². The molecule has 0 amide bonds. The largest absolute Gasteiger partial charge is 0.326 e. The van der Waals surface area contributed by atoms with Crippen molar-refractivity contribution in [1.29, 1.82) is 0 Å². The van der Waals surface area contributed by atoms with E-state index in [1.807, 2.05) is 0 Å². The minimum absolute atomic E-state index is 0.0303.